The molecule has 0 saturated carbocycles. The van der Waals surface area contributed by atoms with Crippen molar-refractivity contribution in [2.24, 2.45) is 0 Å². The van der Waals surface area contributed by atoms with E-state index in [9.17, 15) is 9.18 Å². The van der Waals surface area contributed by atoms with E-state index in [0.717, 1.165) is 5.69 Å². The fourth-order valence-corrected chi connectivity index (χ4v) is 1.77. The lowest BCUT2D eigenvalue weighted by Gasteiger charge is -2.09. The molecule has 0 saturated heterocycles. The fourth-order valence-electron chi connectivity index (χ4n) is 1.58. The number of hydrogen-bond donors (Lipinski definition) is 2. The number of halogens is 1. The van der Waals surface area contributed by atoms with Crippen molar-refractivity contribution in [3.05, 3.63) is 59.5 Å². The van der Waals surface area contributed by atoms with Gasteiger partial charge in [-0.3, -0.25) is 10.1 Å². The van der Waals surface area contributed by atoms with E-state index in [1.165, 1.54) is 18.2 Å². The third kappa shape index (κ3) is 3.58. The molecular formula is C14H12FN3OS. The number of pyridine rings is 1. The van der Waals surface area contributed by atoms with Crippen molar-refractivity contribution in [3.8, 4) is 0 Å². The third-order valence-electron chi connectivity index (χ3n) is 2.48. The Morgan fingerprint density at radius 3 is 2.65 bits per heavy atom. The summed E-state index contributed by atoms with van der Waals surface area (Å²) >= 11 is 4.99. The Hall–Kier alpha value is -2.34. The highest BCUT2D eigenvalue weighted by Crippen LogP contribution is 2.07. The van der Waals surface area contributed by atoms with Crippen molar-refractivity contribution < 1.29 is 9.18 Å². The van der Waals surface area contributed by atoms with Gasteiger partial charge in [0, 0.05) is 5.69 Å². The van der Waals surface area contributed by atoms with Crippen molar-refractivity contribution in [2.45, 2.75) is 6.92 Å². The van der Waals surface area contributed by atoms with Crippen LogP contribution in [0.25, 0.3) is 0 Å². The van der Waals surface area contributed by atoms with E-state index >= 15 is 0 Å². The molecule has 0 bridgehead atoms. The number of rotatable bonds is 2. The molecule has 0 atom stereocenters. The summed E-state index contributed by atoms with van der Waals surface area (Å²) in [6.45, 7) is 1.84. The summed E-state index contributed by atoms with van der Waals surface area (Å²) in [5.74, 6) is -0.682. The molecule has 0 aliphatic heterocycles. The van der Waals surface area contributed by atoms with Crippen molar-refractivity contribution >= 4 is 29.1 Å². The third-order valence-corrected chi connectivity index (χ3v) is 2.68. The first-order valence-electron chi connectivity index (χ1n) is 5.87. The topological polar surface area (TPSA) is 54.0 Å². The molecule has 0 fully saturated rings. The zero-order valence-electron chi connectivity index (χ0n) is 10.7. The SMILES string of the molecule is Cc1cccc(NC(=S)NC(=O)c2ccccc2F)n1. The number of carbonyl (C=O) groups is 1. The highest BCUT2D eigenvalue weighted by molar-refractivity contribution is 7.80. The molecule has 6 heteroatoms. The van der Waals surface area contributed by atoms with Gasteiger partial charge in [0.1, 0.15) is 11.6 Å². The van der Waals surface area contributed by atoms with Crippen molar-refractivity contribution in [1.29, 1.82) is 0 Å². The van der Waals surface area contributed by atoms with Gasteiger partial charge in [0.15, 0.2) is 5.11 Å². The van der Waals surface area contributed by atoms with Crippen molar-refractivity contribution in [3.63, 3.8) is 0 Å². The minimum absolute atomic E-state index is 0.0612. The lowest BCUT2D eigenvalue weighted by atomic mass is 10.2. The molecule has 1 aromatic heterocycles. The molecule has 1 heterocycles. The molecule has 0 aliphatic rings. The van der Waals surface area contributed by atoms with Gasteiger partial charge in [0.25, 0.3) is 5.91 Å². The van der Waals surface area contributed by atoms with Crippen LogP contribution in [0, 0.1) is 12.7 Å². The van der Waals surface area contributed by atoms with E-state index in [-0.39, 0.29) is 10.7 Å². The molecule has 20 heavy (non-hydrogen) atoms. The summed E-state index contributed by atoms with van der Waals surface area (Å²) in [5, 5.41) is 5.24. The lowest BCUT2D eigenvalue weighted by Crippen LogP contribution is -2.34. The number of hydrogen-bond acceptors (Lipinski definition) is 3. The van der Waals surface area contributed by atoms with Crippen LogP contribution in [-0.4, -0.2) is 16.0 Å². The van der Waals surface area contributed by atoms with E-state index in [1.807, 2.05) is 19.1 Å². The first kappa shape index (κ1) is 14.1. The zero-order valence-corrected chi connectivity index (χ0v) is 11.5. The van der Waals surface area contributed by atoms with Crippen molar-refractivity contribution in [2.75, 3.05) is 5.32 Å². The number of carbonyl (C=O) groups excluding carboxylic acids is 1. The Morgan fingerprint density at radius 1 is 1.20 bits per heavy atom. The van der Waals surface area contributed by atoms with Crippen LogP contribution in [0.3, 0.4) is 0 Å². The van der Waals surface area contributed by atoms with Crippen LogP contribution in [0.5, 0.6) is 0 Å². The molecule has 0 unspecified atom stereocenters. The average Bonchev–Trinajstić information content (AvgIpc) is 2.38. The molecule has 0 aliphatic carbocycles. The maximum Gasteiger partial charge on any atom is 0.260 e. The van der Waals surface area contributed by atoms with Crippen LogP contribution < -0.4 is 10.6 Å². The predicted molar refractivity (Wildman–Crippen MR) is 79.1 cm³/mol. The normalized spacial score (nSPS) is 9.90. The Labute approximate surface area is 121 Å². The van der Waals surface area contributed by atoms with Gasteiger partial charge in [-0.2, -0.15) is 0 Å². The molecular weight excluding hydrogens is 277 g/mol. The smallest absolute Gasteiger partial charge is 0.260 e. The number of nitrogens with one attached hydrogen (secondary N) is 2. The van der Waals surface area contributed by atoms with Gasteiger partial charge in [0.2, 0.25) is 0 Å². The molecule has 1 aromatic carbocycles. The predicted octanol–water partition coefficient (Wildman–Crippen LogP) is 2.66. The van der Waals surface area contributed by atoms with Crippen LogP contribution in [-0.2, 0) is 0 Å². The van der Waals surface area contributed by atoms with Crippen LogP contribution in [0.2, 0.25) is 0 Å². The largest absolute Gasteiger partial charge is 0.317 e. The second kappa shape index (κ2) is 6.21. The second-order valence-corrected chi connectivity index (χ2v) is 4.46. The zero-order chi connectivity index (χ0) is 14.5. The number of anilines is 1. The fraction of sp³-hybridized carbons (Fsp3) is 0.0714. The summed E-state index contributed by atoms with van der Waals surface area (Å²) in [7, 11) is 0. The first-order valence-corrected chi connectivity index (χ1v) is 6.27. The quantitative estimate of drug-likeness (QED) is 0.835. The number of benzene rings is 1. The Balaban J connectivity index is 2.02. The van der Waals surface area contributed by atoms with E-state index in [2.05, 4.69) is 15.6 Å². The number of aromatic nitrogens is 1. The standard InChI is InChI=1S/C14H12FN3OS/c1-9-5-4-8-12(16-9)17-14(20)18-13(19)10-6-2-3-7-11(10)15/h2-8H,1H3,(H2,16,17,18,19,20). The molecule has 2 rings (SSSR count). The van der Waals surface area contributed by atoms with Gasteiger partial charge >= 0.3 is 0 Å². The molecule has 1 amide bonds. The monoisotopic (exact) mass is 289 g/mol. The van der Waals surface area contributed by atoms with Crippen molar-refractivity contribution in [1.82, 2.24) is 10.3 Å². The summed E-state index contributed by atoms with van der Waals surface area (Å²) in [5.41, 5.74) is 0.757. The maximum absolute atomic E-state index is 13.4. The van der Waals surface area contributed by atoms with Crippen LogP contribution in [0.1, 0.15) is 16.1 Å². The molecule has 2 aromatic rings. The molecule has 0 radical (unpaired) electrons. The number of aryl methyl sites for hydroxylation is 1. The molecule has 102 valence electrons. The summed E-state index contributed by atoms with van der Waals surface area (Å²) in [4.78, 5) is 16.0. The number of amides is 1. The summed E-state index contributed by atoms with van der Waals surface area (Å²) < 4.78 is 13.4. The second-order valence-electron chi connectivity index (χ2n) is 4.05. The van der Waals surface area contributed by atoms with Crippen LogP contribution in [0.4, 0.5) is 10.2 Å². The van der Waals surface area contributed by atoms with E-state index in [1.54, 1.807) is 12.1 Å². The molecule has 0 spiro atoms. The number of nitrogens with zero attached hydrogens (tertiary/aromatic N) is 1. The van der Waals surface area contributed by atoms with E-state index in [4.69, 9.17) is 12.2 Å². The van der Waals surface area contributed by atoms with Crippen LogP contribution in [0.15, 0.2) is 42.5 Å². The minimum atomic E-state index is -0.603. The summed E-state index contributed by atoms with van der Waals surface area (Å²) in [6.07, 6.45) is 0. The first-order chi connectivity index (χ1) is 9.56. The van der Waals surface area contributed by atoms with Gasteiger partial charge in [0.05, 0.1) is 5.56 Å². The van der Waals surface area contributed by atoms with Gasteiger partial charge in [-0.15, -0.1) is 0 Å². The van der Waals surface area contributed by atoms with E-state index in [0.29, 0.717) is 5.82 Å². The summed E-state index contributed by atoms with van der Waals surface area (Å²) in [6, 6.07) is 11.1. The van der Waals surface area contributed by atoms with Gasteiger partial charge in [-0.05, 0) is 43.4 Å². The lowest BCUT2D eigenvalue weighted by molar-refractivity contribution is 0.0974. The highest BCUT2D eigenvalue weighted by Gasteiger charge is 2.12. The Bertz CT molecular complexity index is 660. The Kier molecular flexibility index (Phi) is 4.37. The number of thiocarbonyl (C=S) groups is 1. The van der Waals surface area contributed by atoms with E-state index < -0.39 is 11.7 Å². The van der Waals surface area contributed by atoms with Gasteiger partial charge in [-0.1, -0.05) is 18.2 Å². The molecule has 2 N–H and O–H groups in total. The van der Waals surface area contributed by atoms with Gasteiger partial charge in [-0.25, -0.2) is 9.37 Å². The molecule has 4 nitrogen and oxygen atoms in total. The minimum Gasteiger partial charge on any atom is -0.317 e. The highest BCUT2D eigenvalue weighted by atomic mass is 32.1. The van der Waals surface area contributed by atoms with Gasteiger partial charge < -0.3 is 5.32 Å². The maximum atomic E-state index is 13.4. The average molecular weight is 289 g/mol. The van der Waals surface area contributed by atoms with Crippen LogP contribution >= 0.6 is 12.2 Å². The Morgan fingerprint density at radius 2 is 1.95 bits per heavy atom.